The standard InChI is InChI=1S/C20H18N4O2/c25-19(23-13-15-4-8-21-9-5-15)17-2-1-3-18(12-17)20(26)24-14-16-6-10-22-11-7-16/h1-12H,13-14H2,(H,23,25)(H,24,26). The fourth-order valence-corrected chi connectivity index (χ4v) is 2.37. The third kappa shape index (κ3) is 4.73. The molecule has 0 bridgehead atoms. The first-order valence-corrected chi connectivity index (χ1v) is 8.16. The van der Waals surface area contributed by atoms with Gasteiger partial charge in [0.1, 0.15) is 0 Å². The van der Waals surface area contributed by atoms with Crippen LogP contribution in [-0.4, -0.2) is 21.8 Å². The zero-order valence-electron chi connectivity index (χ0n) is 14.1. The van der Waals surface area contributed by atoms with Gasteiger partial charge in [-0.15, -0.1) is 0 Å². The molecular formula is C20H18N4O2. The molecule has 6 nitrogen and oxygen atoms in total. The number of nitrogens with zero attached hydrogens (tertiary/aromatic N) is 2. The maximum Gasteiger partial charge on any atom is 0.251 e. The highest BCUT2D eigenvalue weighted by molar-refractivity contribution is 5.99. The van der Waals surface area contributed by atoms with Crippen LogP contribution in [0, 0.1) is 0 Å². The summed E-state index contributed by atoms with van der Waals surface area (Å²) in [6, 6.07) is 14.0. The van der Waals surface area contributed by atoms with Crippen molar-refractivity contribution in [3.8, 4) is 0 Å². The third-order valence-electron chi connectivity index (χ3n) is 3.79. The van der Waals surface area contributed by atoms with Gasteiger partial charge in [-0.25, -0.2) is 0 Å². The van der Waals surface area contributed by atoms with E-state index in [-0.39, 0.29) is 11.8 Å². The zero-order valence-corrected chi connectivity index (χ0v) is 14.1. The van der Waals surface area contributed by atoms with Gasteiger partial charge in [0.15, 0.2) is 0 Å². The van der Waals surface area contributed by atoms with E-state index in [4.69, 9.17) is 0 Å². The normalized spacial score (nSPS) is 10.2. The number of nitrogens with one attached hydrogen (secondary N) is 2. The topological polar surface area (TPSA) is 84.0 Å². The van der Waals surface area contributed by atoms with E-state index in [0.29, 0.717) is 24.2 Å². The Morgan fingerprint density at radius 3 is 1.54 bits per heavy atom. The third-order valence-corrected chi connectivity index (χ3v) is 3.79. The first-order valence-electron chi connectivity index (χ1n) is 8.16. The van der Waals surface area contributed by atoms with Crippen molar-refractivity contribution in [1.29, 1.82) is 0 Å². The molecule has 2 amide bonds. The highest BCUT2D eigenvalue weighted by atomic mass is 16.2. The second-order valence-corrected chi connectivity index (χ2v) is 5.66. The Morgan fingerprint density at radius 2 is 1.12 bits per heavy atom. The lowest BCUT2D eigenvalue weighted by molar-refractivity contribution is 0.0950. The van der Waals surface area contributed by atoms with E-state index >= 15 is 0 Å². The summed E-state index contributed by atoms with van der Waals surface area (Å²) in [5.41, 5.74) is 2.80. The number of aromatic nitrogens is 2. The lowest BCUT2D eigenvalue weighted by Crippen LogP contribution is -2.25. The van der Waals surface area contributed by atoms with Crippen molar-refractivity contribution in [3.63, 3.8) is 0 Å². The molecule has 0 spiro atoms. The highest BCUT2D eigenvalue weighted by Gasteiger charge is 2.10. The molecule has 0 atom stereocenters. The number of hydrogen-bond acceptors (Lipinski definition) is 4. The molecule has 6 heteroatoms. The minimum absolute atomic E-state index is 0.231. The summed E-state index contributed by atoms with van der Waals surface area (Å²) in [7, 11) is 0. The van der Waals surface area contributed by atoms with E-state index < -0.39 is 0 Å². The molecule has 0 unspecified atom stereocenters. The number of carbonyl (C=O) groups is 2. The van der Waals surface area contributed by atoms with Gasteiger partial charge < -0.3 is 10.6 Å². The molecule has 0 saturated heterocycles. The Hall–Kier alpha value is -3.54. The summed E-state index contributed by atoms with van der Waals surface area (Å²) in [6.07, 6.45) is 6.70. The van der Waals surface area contributed by atoms with Crippen LogP contribution in [0.1, 0.15) is 31.8 Å². The van der Waals surface area contributed by atoms with Crippen LogP contribution in [0.3, 0.4) is 0 Å². The zero-order chi connectivity index (χ0) is 18.2. The van der Waals surface area contributed by atoms with Gasteiger partial charge in [-0.3, -0.25) is 19.6 Å². The van der Waals surface area contributed by atoms with Crippen molar-refractivity contribution in [3.05, 3.63) is 95.6 Å². The molecule has 1 aromatic carbocycles. The Labute approximate surface area is 151 Å². The maximum atomic E-state index is 12.3. The largest absolute Gasteiger partial charge is 0.348 e. The fraction of sp³-hybridized carbons (Fsp3) is 0.100. The molecule has 3 aromatic rings. The van der Waals surface area contributed by atoms with Gasteiger partial charge in [0.2, 0.25) is 0 Å². The van der Waals surface area contributed by atoms with Crippen molar-refractivity contribution in [2.24, 2.45) is 0 Å². The van der Waals surface area contributed by atoms with Crippen LogP contribution >= 0.6 is 0 Å². The second kappa shape index (κ2) is 8.53. The fourth-order valence-electron chi connectivity index (χ4n) is 2.37. The predicted octanol–water partition coefficient (Wildman–Crippen LogP) is 2.34. The molecule has 0 saturated carbocycles. The average Bonchev–Trinajstić information content (AvgIpc) is 2.72. The van der Waals surface area contributed by atoms with Crippen LogP contribution < -0.4 is 10.6 Å². The summed E-state index contributed by atoms with van der Waals surface area (Å²) in [4.78, 5) is 32.5. The summed E-state index contributed by atoms with van der Waals surface area (Å²) < 4.78 is 0. The van der Waals surface area contributed by atoms with E-state index in [1.807, 2.05) is 24.3 Å². The predicted molar refractivity (Wildman–Crippen MR) is 97.3 cm³/mol. The van der Waals surface area contributed by atoms with E-state index in [9.17, 15) is 9.59 Å². The number of carbonyl (C=O) groups excluding carboxylic acids is 2. The van der Waals surface area contributed by atoms with Crippen LogP contribution in [0.5, 0.6) is 0 Å². The van der Waals surface area contributed by atoms with E-state index in [1.165, 1.54) is 0 Å². The summed E-state index contributed by atoms with van der Waals surface area (Å²) in [6.45, 7) is 0.805. The van der Waals surface area contributed by atoms with Crippen molar-refractivity contribution in [2.75, 3.05) is 0 Å². The Morgan fingerprint density at radius 1 is 0.692 bits per heavy atom. The van der Waals surface area contributed by atoms with Crippen molar-refractivity contribution < 1.29 is 9.59 Å². The molecule has 2 heterocycles. The molecule has 3 rings (SSSR count). The second-order valence-electron chi connectivity index (χ2n) is 5.66. The minimum atomic E-state index is -0.231. The van der Waals surface area contributed by atoms with Crippen LogP contribution in [0.2, 0.25) is 0 Å². The molecule has 0 radical (unpaired) electrons. The van der Waals surface area contributed by atoms with Gasteiger partial charge >= 0.3 is 0 Å². The van der Waals surface area contributed by atoms with Crippen molar-refractivity contribution in [1.82, 2.24) is 20.6 Å². The minimum Gasteiger partial charge on any atom is -0.348 e. The lowest BCUT2D eigenvalue weighted by atomic mass is 10.1. The van der Waals surface area contributed by atoms with Crippen LogP contribution in [0.4, 0.5) is 0 Å². The monoisotopic (exact) mass is 346 g/mol. The first kappa shape index (κ1) is 17.3. The molecule has 0 aliphatic carbocycles. The number of rotatable bonds is 6. The Balaban J connectivity index is 1.60. The maximum absolute atomic E-state index is 12.3. The number of hydrogen-bond donors (Lipinski definition) is 2. The smallest absolute Gasteiger partial charge is 0.251 e. The quantitative estimate of drug-likeness (QED) is 0.717. The van der Waals surface area contributed by atoms with Gasteiger partial charge in [-0.1, -0.05) is 6.07 Å². The Kier molecular flexibility index (Phi) is 5.67. The summed E-state index contributed by atoms with van der Waals surface area (Å²) in [5.74, 6) is -0.462. The number of benzene rings is 1. The SMILES string of the molecule is O=C(NCc1ccncc1)c1cccc(C(=O)NCc2ccncc2)c1. The summed E-state index contributed by atoms with van der Waals surface area (Å²) >= 11 is 0. The van der Waals surface area contributed by atoms with E-state index in [2.05, 4.69) is 20.6 Å². The lowest BCUT2D eigenvalue weighted by Gasteiger charge is -2.08. The van der Waals surface area contributed by atoms with Crippen molar-refractivity contribution in [2.45, 2.75) is 13.1 Å². The molecule has 2 N–H and O–H groups in total. The van der Waals surface area contributed by atoms with Crippen LogP contribution in [0.15, 0.2) is 73.3 Å². The molecule has 26 heavy (non-hydrogen) atoms. The van der Waals surface area contributed by atoms with Crippen LogP contribution in [0.25, 0.3) is 0 Å². The van der Waals surface area contributed by atoms with E-state index in [1.54, 1.807) is 49.1 Å². The van der Waals surface area contributed by atoms with E-state index in [0.717, 1.165) is 11.1 Å². The average molecular weight is 346 g/mol. The number of amides is 2. The molecule has 2 aromatic heterocycles. The van der Waals surface area contributed by atoms with Gasteiger partial charge in [-0.2, -0.15) is 0 Å². The molecule has 0 aliphatic heterocycles. The van der Waals surface area contributed by atoms with Crippen LogP contribution in [-0.2, 0) is 13.1 Å². The molecular weight excluding hydrogens is 328 g/mol. The Bertz CT molecular complexity index is 812. The molecule has 130 valence electrons. The van der Waals surface area contributed by atoms with Gasteiger partial charge in [0.05, 0.1) is 0 Å². The molecule has 0 aliphatic rings. The number of pyridine rings is 2. The van der Waals surface area contributed by atoms with Gasteiger partial charge in [0.25, 0.3) is 11.8 Å². The van der Waals surface area contributed by atoms with Gasteiger partial charge in [-0.05, 0) is 53.6 Å². The highest BCUT2D eigenvalue weighted by Crippen LogP contribution is 2.07. The van der Waals surface area contributed by atoms with Gasteiger partial charge in [0, 0.05) is 49.0 Å². The molecule has 0 fully saturated rings. The summed E-state index contributed by atoms with van der Waals surface area (Å²) in [5, 5.41) is 5.67. The van der Waals surface area contributed by atoms with Crippen molar-refractivity contribution >= 4 is 11.8 Å². The first-order chi connectivity index (χ1) is 12.7.